The Labute approximate surface area is 113 Å². The van der Waals surface area contributed by atoms with Gasteiger partial charge in [0.2, 0.25) is 0 Å². The fourth-order valence-electron chi connectivity index (χ4n) is 1.57. The largest absolute Gasteiger partial charge is 0.480 e. The molecule has 0 fully saturated rings. The van der Waals surface area contributed by atoms with Gasteiger partial charge in [-0.25, -0.2) is 0 Å². The van der Waals surface area contributed by atoms with Crippen molar-refractivity contribution >= 4 is 11.9 Å². The highest BCUT2D eigenvalue weighted by atomic mass is 19.4. The van der Waals surface area contributed by atoms with Crippen molar-refractivity contribution in [3.8, 4) is 0 Å². The van der Waals surface area contributed by atoms with Crippen LogP contribution in [0.1, 0.15) is 29.3 Å². The van der Waals surface area contributed by atoms with E-state index >= 15 is 0 Å². The third kappa shape index (κ3) is 4.91. The molecule has 0 heterocycles. The summed E-state index contributed by atoms with van der Waals surface area (Å²) in [5.74, 6) is -1.91. The lowest BCUT2D eigenvalue weighted by Crippen LogP contribution is -2.38. The van der Waals surface area contributed by atoms with Crippen molar-refractivity contribution in [3.63, 3.8) is 0 Å². The second-order valence-corrected chi connectivity index (χ2v) is 4.31. The van der Waals surface area contributed by atoms with E-state index in [-0.39, 0.29) is 17.5 Å². The van der Waals surface area contributed by atoms with Crippen molar-refractivity contribution in [1.82, 2.24) is 5.32 Å². The summed E-state index contributed by atoms with van der Waals surface area (Å²) in [4.78, 5) is 22.5. The Balaban J connectivity index is 2.84. The Morgan fingerprint density at radius 3 is 2.45 bits per heavy atom. The number of alkyl halides is 3. The number of carbonyl (C=O) groups is 2. The number of carbonyl (C=O) groups excluding carboxylic acids is 1. The van der Waals surface area contributed by atoms with E-state index in [2.05, 4.69) is 5.32 Å². The second-order valence-electron chi connectivity index (χ2n) is 4.31. The van der Waals surface area contributed by atoms with E-state index in [0.717, 1.165) is 0 Å². The molecule has 110 valence electrons. The van der Waals surface area contributed by atoms with Crippen molar-refractivity contribution in [2.75, 3.05) is 0 Å². The average molecular weight is 289 g/mol. The smallest absolute Gasteiger partial charge is 0.389 e. The predicted octanol–water partition coefficient (Wildman–Crippen LogP) is 2.38. The van der Waals surface area contributed by atoms with Gasteiger partial charge in [-0.15, -0.1) is 0 Å². The molecule has 2 N–H and O–H groups in total. The molecule has 0 radical (unpaired) electrons. The number of hydrogen-bond acceptors (Lipinski definition) is 2. The van der Waals surface area contributed by atoms with Gasteiger partial charge in [0.05, 0.1) is 0 Å². The number of halogens is 3. The summed E-state index contributed by atoms with van der Waals surface area (Å²) >= 11 is 0. The molecule has 1 rings (SSSR count). The van der Waals surface area contributed by atoms with E-state index in [0.29, 0.717) is 0 Å². The summed E-state index contributed by atoms with van der Waals surface area (Å²) in [5, 5.41) is 10.9. The number of carboxylic acids is 1. The minimum absolute atomic E-state index is 0.0600. The Bertz CT molecular complexity index is 500. The van der Waals surface area contributed by atoms with Gasteiger partial charge in [0.25, 0.3) is 5.91 Å². The number of amides is 1. The molecule has 0 saturated carbocycles. The molecule has 0 aliphatic carbocycles. The average Bonchev–Trinajstić information content (AvgIpc) is 2.35. The molecule has 0 saturated heterocycles. The van der Waals surface area contributed by atoms with Gasteiger partial charge >= 0.3 is 12.1 Å². The van der Waals surface area contributed by atoms with Gasteiger partial charge in [-0.2, -0.15) is 13.2 Å². The molecular formula is C13H14F3NO3. The number of aryl methyl sites for hydroxylation is 1. The zero-order valence-electron chi connectivity index (χ0n) is 10.7. The van der Waals surface area contributed by atoms with E-state index in [9.17, 15) is 22.8 Å². The quantitative estimate of drug-likeness (QED) is 0.874. The molecule has 0 aliphatic heterocycles. The fourth-order valence-corrected chi connectivity index (χ4v) is 1.57. The van der Waals surface area contributed by atoms with Crippen LogP contribution in [0.4, 0.5) is 13.2 Å². The zero-order valence-corrected chi connectivity index (χ0v) is 10.7. The first-order valence-electron chi connectivity index (χ1n) is 5.89. The van der Waals surface area contributed by atoms with Crippen LogP contribution < -0.4 is 5.32 Å². The molecule has 0 bridgehead atoms. The molecule has 7 heteroatoms. The van der Waals surface area contributed by atoms with Gasteiger partial charge in [0.15, 0.2) is 0 Å². The van der Waals surface area contributed by atoms with Crippen LogP contribution in [0.15, 0.2) is 24.3 Å². The summed E-state index contributed by atoms with van der Waals surface area (Å²) in [5.41, 5.74) is 0.296. The second kappa shape index (κ2) is 6.40. The molecule has 0 aliphatic rings. The summed E-state index contributed by atoms with van der Waals surface area (Å²) in [6.45, 7) is 1.28. The lowest BCUT2D eigenvalue weighted by Gasteiger charge is -2.13. The molecule has 0 aromatic heterocycles. The van der Waals surface area contributed by atoms with Crippen LogP contribution in [0.25, 0.3) is 0 Å². The van der Waals surface area contributed by atoms with Gasteiger partial charge in [-0.05, 0) is 25.0 Å². The third-order valence-corrected chi connectivity index (χ3v) is 2.66. The number of benzene rings is 1. The lowest BCUT2D eigenvalue weighted by molar-refractivity contribution is -0.138. The molecular weight excluding hydrogens is 275 g/mol. The molecule has 20 heavy (non-hydrogen) atoms. The van der Waals surface area contributed by atoms with E-state index < -0.39 is 30.5 Å². The number of carboxylic acid groups (broad SMARTS) is 1. The number of hydrogen-bond donors (Lipinski definition) is 2. The first-order chi connectivity index (χ1) is 9.20. The van der Waals surface area contributed by atoms with Gasteiger partial charge < -0.3 is 10.4 Å². The van der Waals surface area contributed by atoms with Crippen molar-refractivity contribution in [3.05, 3.63) is 35.4 Å². The molecule has 4 nitrogen and oxygen atoms in total. The monoisotopic (exact) mass is 289 g/mol. The van der Waals surface area contributed by atoms with E-state index in [4.69, 9.17) is 5.11 Å². The highest BCUT2D eigenvalue weighted by Crippen LogP contribution is 2.23. The third-order valence-electron chi connectivity index (χ3n) is 2.66. The number of nitrogens with one attached hydrogen (secondary N) is 1. The van der Waals surface area contributed by atoms with Crippen molar-refractivity contribution in [2.45, 2.75) is 32.0 Å². The topological polar surface area (TPSA) is 66.4 Å². The van der Waals surface area contributed by atoms with Crippen LogP contribution in [0.2, 0.25) is 0 Å². The maximum atomic E-state index is 12.2. The van der Waals surface area contributed by atoms with Crippen LogP contribution in [0, 0.1) is 0 Å². The number of rotatable bonds is 5. The molecule has 1 amide bonds. The Hall–Kier alpha value is -2.05. The number of aliphatic carboxylic acids is 1. The van der Waals surface area contributed by atoms with E-state index in [1.807, 2.05) is 0 Å². The van der Waals surface area contributed by atoms with Gasteiger partial charge in [0, 0.05) is 12.0 Å². The SMILES string of the molecule is CC(NC(=O)c1ccccc1CCC(F)(F)F)C(=O)O. The highest BCUT2D eigenvalue weighted by molar-refractivity contribution is 5.97. The maximum absolute atomic E-state index is 12.2. The standard InChI is InChI=1S/C13H14F3NO3/c1-8(12(19)20)17-11(18)10-5-3-2-4-9(10)6-7-13(14,15)16/h2-5,8H,6-7H2,1H3,(H,17,18)(H,19,20). The first-order valence-corrected chi connectivity index (χ1v) is 5.89. The molecule has 1 atom stereocenters. The van der Waals surface area contributed by atoms with Crippen molar-refractivity contribution in [1.29, 1.82) is 0 Å². The minimum Gasteiger partial charge on any atom is -0.480 e. The van der Waals surface area contributed by atoms with Crippen LogP contribution in [0.3, 0.4) is 0 Å². The Morgan fingerprint density at radius 2 is 1.90 bits per heavy atom. The summed E-state index contributed by atoms with van der Waals surface area (Å²) < 4.78 is 36.6. The lowest BCUT2D eigenvalue weighted by atomic mass is 10.0. The Morgan fingerprint density at radius 1 is 1.30 bits per heavy atom. The maximum Gasteiger partial charge on any atom is 0.389 e. The van der Waals surface area contributed by atoms with Crippen molar-refractivity contribution < 1.29 is 27.9 Å². The fraction of sp³-hybridized carbons (Fsp3) is 0.385. The summed E-state index contributed by atoms with van der Waals surface area (Å²) in [7, 11) is 0. The van der Waals surface area contributed by atoms with Crippen LogP contribution in [-0.2, 0) is 11.2 Å². The highest BCUT2D eigenvalue weighted by Gasteiger charge is 2.27. The van der Waals surface area contributed by atoms with Crippen LogP contribution >= 0.6 is 0 Å². The normalized spacial score (nSPS) is 12.8. The first kappa shape index (κ1) is 16.0. The van der Waals surface area contributed by atoms with Gasteiger partial charge in [-0.3, -0.25) is 9.59 Å². The zero-order chi connectivity index (χ0) is 15.3. The van der Waals surface area contributed by atoms with Crippen LogP contribution in [0.5, 0.6) is 0 Å². The molecule has 0 spiro atoms. The van der Waals surface area contributed by atoms with Crippen molar-refractivity contribution in [2.24, 2.45) is 0 Å². The minimum atomic E-state index is -4.31. The molecule has 1 aromatic rings. The van der Waals surface area contributed by atoms with E-state index in [1.54, 1.807) is 0 Å². The predicted molar refractivity (Wildman–Crippen MR) is 65.4 cm³/mol. The summed E-state index contributed by atoms with van der Waals surface area (Å²) in [6, 6.07) is 4.72. The Kier molecular flexibility index (Phi) is 5.12. The summed E-state index contributed by atoms with van der Waals surface area (Å²) in [6.07, 6.45) is -5.67. The van der Waals surface area contributed by atoms with Gasteiger partial charge in [0.1, 0.15) is 6.04 Å². The molecule has 1 aromatic carbocycles. The van der Waals surface area contributed by atoms with Crippen LogP contribution in [-0.4, -0.2) is 29.2 Å². The molecule has 1 unspecified atom stereocenters. The van der Waals surface area contributed by atoms with E-state index in [1.165, 1.54) is 31.2 Å². The van der Waals surface area contributed by atoms with Gasteiger partial charge in [-0.1, -0.05) is 18.2 Å².